The van der Waals surface area contributed by atoms with Crippen molar-refractivity contribution in [2.75, 3.05) is 32.8 Å². The molecule has 0 saturated carbocycles. The minimum atomic E-state index is -0.224. The number of ether oxygens (including phenoxy) is 2. The Morgan fingerprint density at radius 1 is 0.500 bits per heavy atom. The number of aliphatic hydroxyl groups is 1. The van der Waals surface area contributed by atoms with Gasteiger partial charge in [-0.25, -0.2) is 0 Å². The van der Waals surface area contributed by atoms with Crippen molar-refractivity contribution in [3.8, 4) is 0 Å². The van der Waals surface area contributed by atoms with Crippen LogP contribution in [0.3, 0.4) is 0 Å². The first-order valence-electron chi connectivity index (χ1n) is 24.1. The highest BCUT2D eigenvalue weighted by Crippen LogP contribution is 2.22. The summed E-state index contributed by atoms with van der Waals surface area (Å²) >= 11 is 0. The summed E-state index contributed by atoms with van der Waals surface area (Å²) in [5, 5.41) is 9.91. The van der Waals surface area contributed by atoms with E-state index < -0.39 is 0 Å². The van der Waals surface area contributed by atoms with Crippen molar-refractivity contribution in [2.45, 2.75) is 254 Å². The average Bonchev–Trinajstić information content (AvgIpc) is 3.17. The fraction of sp³-hybridized carbons (Fsp3) is 0.958. The van der Waals surface area contributed by atoms with Crippen LogP contribution in [0.1, 0.15) is 248 Å². The molecule has 6 heteroatoms. The quantitative estimate of drug-likeness (QED) is 0.0494. The monoisotopic (exact) mass is 768 g/mol. The van der Waals surface area contributed by atoms with Crippen molar-refractivity contribution in [3.05, 3.63) is 0 Å². The number of nitrogens with zero attached hydrogens (tertiary/aromatic N) is 1. The van der Waals surface area contributed by atoms with Crippen LogP contribution in [-0.2, 0) is 19.1 Å². The van der Waals surface area contributed by atoms with E-state index in [4.69, 9.17) is 9.47 Å². The molecule has 0 aromatic carbocycles. The predicted molar refractivity (Wildman–Crippen MR) is 234 cm³/mol. The molecule has 0 aliphatic rings. The van der Waals surface area contributed by atoms with E-state index in [1.165, 1.54) is 141 Å². The van der Waals surface area contributed by atoms with E-state index >= 15 is 0 Å². The second-order valence-corrected chi connectivity index (χ2v) is 16.4. The zero-order valence-electron chi connectivity index (χ0n) is 37.7. The molecule has 1 N–H and O–H groups in total. The number of unbranched alkanes of at least 4 members (excludes halogenated alkanes) is 18. The maximum Gasteiger partial charge on any atom is 0.308 e. The van der Waals surface area contributed by atoms with Gasteiger partial charge in [0.2, 0.25) is 0 Å². The molecule has 324 valence electrons. The highest BCUT2D eigenvalue weighted by Gasteiger charge is 2.19. The minimum absolute atomic E-state index is 0.0108. The van der Waals surface area contributed by atoms with Gasteiger partial charge in [0.1, 0.15) is 0 Å². The van der Waals surface area contributed by atoms with Gasteiger partial charge in [0.15, 0.2) is 0 Å². The predicted octanol–water partition coefficient (Wildman–Crippen LogP) is 14.2. The average molecular weight is 768 g/mol. The zero-order valence-corrected chi connectivity index (χ0v) is 37.7. The van der Waals surface area contributed by atoms with E-state index in [-0.39, 0.29) is 24.0 Å². The topological polar surface area (TPSA) is 76.1 Å². The van der Waals surface area contributed by atoms with E-state index in [1.807, 2.05) is 6.92 Å². The molecule has 54 heavy (non-hydrogen) atoms. The van der Waals surface area contributed by atoms with Crippen molar-refractivity contribution in [1.29, 1.82) is 0 Å². The van der Waals surface area contributed by atoms with Crippen molar-refractivity contribution in [2.24, 2.45) is 11.8 Å². The molecule has 0 spiro atoms. The van der Waals surface area contributed by atoms with Crippen molar-refractivity contribution < 1.29 is 24.2 Å². The third-order valence-electron chi connectivity index (χ3n) is 10.8. The van der Waals surface area contributed by atoms with Crippen LogP contribution < -0.4 is 0 Å². The summed E-state index contributed by atoms with van der Waals surface area (Å²) in [5.41, 5.74) is 0. The molecule has 0 aromatic rings. The van der Waals surface area contributed by atoms with Gasteiger partial charge in [-0.1, -0.05) is 183 Å². The summed E-state index contributed by atoms with van der Waals surface area (Å²) in [4.78, 5) is 26.8. The second kappa shape index (κ2) is 44.6. The molecular formula is C48H97NO5. The summed E-state index contributed by atoms with van der Waals surface area (Å²) < 4.78 is 11.1. The van der Waals surface area contributed by atoms with Crippen molar-refractivity contribution in [3.63, 3.8) is 0 Å². The lowest BCUT2D eigenvalue weighted by molar-refractivity contribution is -0.149. The molecule has 0 radical (unpaired) electrons. The number of esters is 2. The minimum Gasteiger partial charge on any atom is -0.465 e. The van der Waals surface area contributed by atoms with E-state index in [1.54, 1.807) is 0 Å². The Morgan fingerprint density at radius 3 is 1.44 bits per heavy atom. The zero-order chi connectivity index (χ0) is 40.3. The molecule has 0 heterocycles. The Kier molecular flexibility index (Phi) is 45.4. The maximum atomic E-state index is 12.3. The lowest BCUT2D eigenvalue weighted by Crippen LogP contribution is -2.33. The smallest absolute Gasteiger partial charge is 0.308 e. The molecule has 0 aromatic heterocycles. The van der Waals surface area contributed by atoms with Crippen LogP contribution in [0.25, 0.3) is 0 Å². The Balaban J connectivity index is 0. The Hall–Kier alpha value is -1.14. The van der Waals surface area contributed by atoms with Gasteiger partial charge in [-0.15, -0.1) is 0 Å². The highest BCUT2D eigenvalue weighted by atomic mass is 16.5. The third kappa shape index (κ3) is 39.1. The number of aliphatic hydroxyl groups excluding tert-OH is 1. The number of carbonyl (C=O) groups excluding carboxylic acids is 2. The first-order valence-corrected chi connectivity index (χ1v) is 24.1. The molecule has 0 bridgehead atoms. The molecule has 0 fully saturated rings. The molecule has 0 saturated heterocycles. The van der Waals surface area contributed by atoms with E-state index in [2.05, 4.69) is 46.4 Å². The van der Waals surface area contributed by atoms with Crippen LogP contribution in [0.4, 0.5) is 0 Å². The van der Waals surface area contributed by atoms with Gasteiger partial charge in [-0.05, 0) is 76.8 Å². The summed E-state index contributed by atoms with van der Waals surface area (Å²) in [6.45, 7) is 19.3. The molecule has 0 aliphatic heterocycles. The van der Waals surface area contributed by atoms with E-state index in [0.29, 0.717) is 25.6 Å². The second-order valence-electron chi connectivity index (χ2n) is 16.4. The Labute approximate surface area is 338 Å². The van der Waals surface area contributed by atoms with Crippen LogP contribution in [-0.4, -0.2) is 60.9 Å². The van der Waals surface area contributed by atoms with Gasteiger partial charge in [-0.2, -0.15) is 0 Å². The van der Waals surface area contributed by atoms with Gasteiger partial charge in [-0.3, -0.25) is 9.59 Å². The Morgan fingerprint density at radius 2 is 0.963 bits per heavy atom. The van der Waals surface area contributed by atoms with Gasteiger partial charge in [0.05, 0.1) is 25.2 Å². The molecule has 0 rings (SSSR count). The van der Waals surface area contributed by atoms with E-state index in [9.17, 15) is 14.7 Å². The third-order valence-corrected chi connectivity index (χ3v) is 10.8. The lowest BCUT2D eigenvalue weighted by Gasteiger charge is -2.24. The largest absolute Gasteiger partial charge is 0.465 e. The molecule has 3 atom stereocenters. The van der Waals surface area contributed by atoms with Crippen LogP contribution in [0.15, 0.2) is 0 Å². The SMILES string of the molecule is CCCCCCCCC(CCCCCC)C(=O)OCCC.CCCCCCCCC(CCCCCC)COC(=O)CCCCCN(CCC)CC(O)CC. The van der Waals surface area contributed by atoms with Gasteiger partial charge < -0.3 is 19.5 Å². The summed E-state index contributed by atoms with van der Waals surface area (Å²) in [5.74, 6) is 0.745. The first-order chi connectivity index (χ1) is 26.3. The van der Waals surface area contributed by atoms with Crippen LogP contribution in [0.2, 0.25) is 0 Å². The maximum absolute atomic E-state index is 12.3. The van der Waals surface area contributed by atoms with Crippen molar-refractivity contribution >= 4 is 11.9 Å². The number of rotatable bonds is 40. The number of carbonyl (C=O) groups is 2. The van der Waals surface area contributed by atoms with Crippen LogP contribution in [0.5, 0.6) is 0 Å². The lowest BCUT2D eigenvalue weighted by atomic mass is 9.94. The van der Waals surface area contributed by atoms with E-state index in [0.717, 1.165) is 71.0 Å². The first kappa shape index (κ1) is 55.0. The summed E-state index contributed by atoms with van der Waals surface area (Å²) in [6, 6.07) is 0. The standard InChI is InChI=1S/C29H59NO3.C19H38O2/c1-5-9-11-13-14-17-21-27(20-16-12-10-6-2)26-33-29(32)22-18-15-19-24-30(23-7-3)25-28(31)8-4;1-4-7-9-11-12-14-16-18(15-13-10-8-5-2)19(20)21-17-6-3/h27-28,31H,5-26H2,1-4H3;18H,4-17H2,1-3H3. The van der Waals surface area contributed by atoms with Crippen LogP contribution in [0, 0.1) is 11.8 Å². The molecule has 0 aliphatic carbocycles. The summed E-state index contributed by atoms with van der Waals surface area (Å²) in [7, 11) is 0. The van der Waals surface area contributed by atoms with Gasteiger partial charge in [0.25, 0.3) is 0 Å². The molecule has 0 amide bonds. The molecule has 6 nitrogen and oxygen atoms in total. The number of hydrogen-bond donors (Lipinski definition) is 1. The normalized spacial score (nSPS) is 13.0. The van der Waals surface area contributed by atoms with Gasteiger partial charge in [0, 0.05) is 13.0 Å². The highest BCUT2D eigenvalue weighted by molar-refractivity contribution is 5.72. The Bertz CT molecular complexity index is 761. The van der Waals surface area contributed by atoms with Gasteiger partial charge >= 0.3 is 11.9 Å². The molecule has 3 unspecified atom stereocenters. The number of hydrogen-bond acceptors (Lipinski definition) is 6. The fourth-order valence-corrected chi connectivity index (χ4v) is 7.18. The van der Waals surface area contributed by atoms with Crippen molar-refractivity contribution in [1.82, 2.24) is 4.90 Å². The molecular weight excluding hydrogens is 671 g/mol. The fourth-order valence-electron chi connectivity index (χ4n) is 7.18. The summed E-state index contributed by atoms with van der Waals surface area (Å²) in [6.07, 6.45) is 36.6. The van der Waals surface area contributed by atoms with Crippen LogP contribution >= 0.6 is 0 Å².